The average Bonchev–Trinajstić information content (AvgIpc) is 2.70. The van der Waals surface area contributed by atoms with Crippen molar-refractivity contribution in [3.63, 3.8) is 0 Å². The number of methoxy groups -OCH3 is 2. The molecular weight excluding hydrogens is 340 g/mol. The van der Waals surface area contributed by atoms with Gasteiger partial charge in [0.1, 0.15) is 6.10 Å². The number of nitrogens with zero attached hydrogens (tertiary/aromatic N) is 2. The van der Waals surface area contributed by atoms with Crippen LogP contribution in [0.2, 0.25) is 0 Å². The fraction of sp³-hybridized carbons (Fsp3) is 0.409. The van der Waals surface area contributed by atoms with Crippen LogP contribution < -0.4 is 4.90 Å². The Kier molecular flexibility index (Phi) is 6.26. The molecule has 0 aromatic heterocycles. The lowest BCUT2D eigenvalue weighted by Crippen LogP contribution is -2.67. The van der Waals surface area contributed by atoms with Crippen molar-refractivity contribution in [3.05, 3.63) is 66.2 Å². The maximum atomic E-state index is 12.6. The summed E-state index contributed by atoms with van der Waals surface area (Å²) in [6.07, 6.45) is 0.410. The molecule has 5 nitrogen and oxygen atoms in total. The number of carbonyl (C=O) groups excluding carboxylic acids is 1. The van der Waals surface area contributed by atoms with E-state index in [1.54, 1.807) is 26.0 Å². The molecular formula is C22H28N2O3. The van der Waals surface area contributed by atoms with Gasteiger partial charge >= 0.3 is 0 Å². The lowest BCUT2D eigenvalue weighted by molar-refractivity contribution is -0.161. The first kappa shape index (κ1) is 19.5. The normalized spacial score (nSPS) is 23.1. The zero-order valence-corrected chi connectivity index (χ0v) is 16.3. The highest BCUT2D eigenvalue weighted by molar-refractivity contribution is 5.92. The second-order valence-electron chi connectivity index (χ2n) is 6.93. The summed E-state index contributed by atoms with van der Waals surface area (Å²) in [6.45, 7) is 3.94. The summed E-state index contributed by atoms with van der Waals surface area (Å²) >= 11 is 0. The maximum Gasteiger partial charge on any atom is 0.226 e. The molecule has 1 amide bonds. The van der Waals surface area contributed by atoms with Crippen molar-refractivity contribution >= 4 is 11.6 Å². The average molecular weight is 368 g/mol. The Hall–Kier alpha value is -2.21. The molecule has 2 aromatic rings. The number of ether oxygens (including phenoxy) is 2. The number of amides is 1. The van der Waals surface area contributed by atoms with Crippen LogP contribution in [0.1, 0.15) is 18.9 Å². The molecule has 0 radical (unpaired) electrons. The number of carbonyl (C=O) groups is 1. The van der Waals surface area contributed by atoms with E-state index >= 15 is 0 Å². The minimum Gasteiger partial charge on any atom is -0.375 e. The molecule has 0 N–H and O–H groups in total. The third-order valence-electron chi connectivity index (χ3n) is 5.31. The second-order valence-corrected chi connectivity index (χ2v) is 6.93. The topological polar surface area (TPSA) is 42.0 Å². The number of para-hydroxylation sites is 1. The van der Waals surface area contributed by atoms with Crippen LogP contribution in [-0.2, 0) is 20.8 Å². The number of hydrogen-bond acceptors (Lipinski definition) is 4. The first-order valence-electron chi connectivity index (χ1n) is 9.31. The minimum atomic E-state index is -0.824. The van der Waals surface area contributed by atoms with Gasteiger partial charge in [0, 0.05) is 52.9 Å². The SMILES string of the molecule is COC1CN(Cc2ccccc2)CCC1(OC)N(C(C)=O)c1ccccc1. The predicted octanol–water partition coefficient (Wildman–Crippen LogP) is 3.30. The number of likely N-dealkylation sites (tertiary alicyclic amines) is 1. The lowest BCUT2D eigenvalue weighted by atomic mass is 9.93. The van der Waals surface area contributed by atoms with Crippen LogP contribution in [0.25, 0.3) is 0 Å². The van der Waals surface area contributed by atoms with Crippen LogP contribution in [0.15, 0.2) is 60.7 Å². The standard InChI is InChI=1S/C22H28N2O3/c1-18(25)24(20-12-8-5-9-13-20)22(27-3)14-15-23(17-21(22)26-2)16-19-10-6-4-7-11-19/h4-13,21H,14-17H2,1-3H3. The molecule has 0 aliphatic carbocycles. The van der Waals surface area contributed by atoms with Crippen LogP contribution in [0.3, 0.4) is 0 Å². The molecule has 1 aliphatic rings. The molecule has 144 valence electrons. The molecule has 0 saturated carbocycles. The van der Waals surface area contributed by atoms with Gasteiger partial charge < -0.3 is 9.47 Å². The molecule has 5 heteroatoms. The minimum absolute atomic E-state index is 0.0541. The molecule has 0 bridgehead atoms. The van der Waals surface area contributed by atoms with Crippen molar-refractivity contribution in [2.75, 3.05) is 32.2 Å². The molecule has 1 saturated heterocycles. The van der Waals surface area contributed by atoms with Crippen LogP contribution in [0, 0.1) is 0 Å². The molecule has 1 heterocycles. The van der Waals surface area contributed by atoms with E-state index in [1.807, 2.05) is 36.4 Å². The van der Waals surface area contributed by atoms with Gasteiger partial charge in [-0.3, -0.25) is 14.6 Å². The lowest BCUT2D eigenvalue weighted by Gasteiger charge is -2.51. The van der Waals surface area contributed by atoms with Gasteiger partial charge in [-0.25, -0.2) is 0 Å². The monoisotopic (exact) mass is 368 g/mol. The fourth-order valence-corrected chi connectivity index (χ4v) is 4.02. The Morgan fingerprint density at radius 1 is 1.11 bits per heavy atom. The summed E-state index contributed by atoms with van der Waals surface area (Å²) in [5, 5.41) is 0. The van der Waals surface area contributed by atoms with Crippen molar-refractivity contribution in [1.82, 2.24) is 4.90 Å². The Morgan fingerprint density at radius 3 is 2.30 bits per heavy atom. The quantitative estimate of drug-likeness (QED) is 0.734. The van der Waals surface area contributed by atoms with Gasteiger partial charge in [-0.2, -0.15) is 0 Å². The predicted molar refractivity (Wildman–Crippen MR) is 106 cm³/mol. The zero-order chi connectivity index (χ0) is 19.3. The summed E-state index contributed by atoms with van der Waals surface area (Å²) in [6, 6.07) is 20.1. The zero-order valence-electron chi connectivity index (χ0n) is 16.3. The maximum absolute atomic E-state index is 12.6. The number of piperidine rings is 1. The van der Waals surface area contributed by atoms with E-state index in [2.05, 4.69) is 29.2 Å². The molecule has 2 aromatic carbocycles. The van der Waals surface area contributed by atoms with Crippen LogP contribution in [-0.4, -0.2) is 49.9 Å². The highest BCUT2D eigenvalue weighted by Gasteiger charge is 2.50. The summed E-state index contributed by atoms with van der Waals surface area (Å²) in [7, 11) is 3.35. The highest BCUT2D eigenvalue weighted by Crippen LogP contribution is 2.36. The highest BCUT2D eigenvalue weighted by atomic mass is 16.6. The largest absolute Gasteiger partial charge is 0.375 e. The van der Waals surface area contributed by atoms with E-state index in [0.717, 1.165) is 18.8 Å². The van der Waals surface area contributed by atoms with Crippen molar-refractivity contribution in [2.24, 2.45) is 0 Å². The van der Waals surface area contributed by atoms with Gasteiger partial charge in [0.15, 0.2) is 5.72 Å². The molecule has 2 unspecified atom stereocenters. The molecule has 2 atom stereocenters. The van der Waals surface area contributed by atoms with Gasteiger partial charge in [-0.05, 0) is 17.7 Å². The van der Waals surface area contributed by atoms with E-state index < -0.39 is 5.72 Å². The van der Waals surface area contributed by atoms with E-state index in [1.165, 1.54) is 5.56 Å². The first-order chi connectivity index (χ1) is 13.1. The number of hydrogen-bond donors (Lipinski definition) is 0. The fourth-order valence-electron chi connectivity index (χ4n) is 4.02. The van der Waals surface area contributed by atoms with E-state index in [-0.39, 0.29) is 12.0 Å². The van der Waals surface area contributed by atoms with Gasteiger partial charge in [0.25, 0.3) is 0 Å². The van der Waals surface area contributed by atoms with Crippen LogP contribution in [0.4, 0.5) is 5.69 Å². The van der Waals surface area contributed by atoms with Crippen molar-refractivity contribution in [2.45, 2.75) is 31.7 Å². The van der Waals surface area contributed by atoms with Crippen molar-refractivity contribution < 1.29 is 14.3 Å². The van der Waals surface area contributed by atoms with Crippen molar-refractivity contribution in [1.29, 1.82) is 0 Å². The van der Waals surface area contributed by atoms with Gasteiger partial charge in [-0.1, -0.05) is 48.5 Å². The number of benzene rings is 2. The summed E-state index contributed by atoms with van der Waals surface area (Å²) in [5.74, 6) is -0.0541. The molecule has 1 fully saturated rings. The third-order valence-corrected chi connectivity index (χ3v) is 5.31. The summed E-state index contributed by atoms with van der Waals surface area (Å²) < 4.78 is 11.9. The Bertz CT molecular complexity index is 738. The second kappa shape index (κ2) is 8.65. The smallest absolute Gasteiger partial charge is 0.226 e. The Balaban J connectivity index is 1.87. The molecule has 1 aliphatic heterocycles. The Morgan fingerprint density at radius 2 is 1.74 bits per heavy atom. The molecule has 3 rings (SSSR count). The van der Waals surface area contributed by atoms with E-state index in [0.29, 0.717) is 13.0 Å². The summed E-state index contributed by atoms with van der Waals surface area (Å²) in [5.41, 5.74) is 1.27. The van der Waals surface area contributed by atoms with Gasteiger partial charge in [-0.15, -0.1) is 0 Å². The van der Waals surface area contributed by atoms with Gasteiger partial charge in [0.05, 0.1) is 0 Å². The number of anilines is 1. The Labute approximate surface area is 161 Å². The van der Waals surface area contributed by atoms with Crippen LogP contribution >= 0.6 is 0 Å². The first-order valence-corrected chi connectivity index (χ1v) is 9.31. The van der Waals surface area contributed by atoms with Gasteiger partial charge in [0.2, 0.25) is 5.91 Å². The number of rotatable bonds is 6. The molecule has 0 spiro atoms. The summed E-state index contributed by atoms with van der Waals surface area (Å²) in [4.78, 5) is 16.7. The van der Waals surface area contributed by atoms with E-state index in [4.69, 9.17) is 9.47 Å². The van der Waals surface area contributed by atoms with Crippen LogP contribution in [0.5, 0.6) is 0 Å². The van der Waals surface area contributed by atoms with Crippen molar-refractivity contribution in [3.8, 4) is 0 Å². The molecule has 27 heavy (non-hydrogen) atoms. The van der Waals surface area contributed by atoms with E-state index in [9.17, 15) is 4.79 Å². The third kappa shape index (κ3) is 4.05.